The minimum atomic E-state index is -0.492. The van der Waals surface area contributed by atoms with Gasteiger partial charge in [0, 0.05) is 46.0 Å². The highest BCUT2D eigenvalue weighted by atomic mass is 16.5. The van der Waals surface area contributed by atoms with Crippen molar-refractivity contribution in [1.29, 1.82) is 0 Å². The lowest BCUT2D eigenvalue weighted by molar-refractivity contribution is -0.119. The first-order chi connectivity index (χ1) is 13.7. The molecule has 0 radical (unpaired) electrons. The third-order valence-corrected chi connectivity index (χ3v) is 4.49. The van der Waals surface area contributed by atoms with E-state index in [0.29, 0.717) is 12.3 Å². The number of aliphatic imine (C=N–C) groups is 1. The molecular formula is C20H26N6O2. The predicted octanol–water partition coefficient (Wildman–Crippen LogP) is 0.843. The highest BCUT2D eigenvalue weighted by Gasteiger charge is 2.20. The molecule has 8 nitrogen and oxygen atoms in total. The van der Waals surface area contributed by atoms with E-state index < -0.39 is 5.91 Å². The third kappa shape index (κ3) is 5.35. The fourth-order valence-electron chi connectivity index (χ4n) is 3.10. The fraction of sp³-hybridized carbons (Fsp3) is 0.350. The van der Waals surface area contributed by atoms with Crippen LogP contribution in [0.15, 0.2) is 53.7 Å². The van der Waals surface area contributed by atoms with E-state index in [4.69, 9.17) is 10.5 Å². The number of piperazine rings is 1. The number of carbonyl (C=O) groups excluding carboxylic acids is 1. The van der Waals surface area contributed by atoms with Crippen molar-refractivity contribution < 1.29 is 9.53 Å². The molecule has 0 aliphatic carbocycles. The molecule has 1 aromatic heterocycles. The largest absolute Gasteiger partial charge is 0.484 e. The number of hydrogen-bond donors (Lipinski definition) is 2. The number of hydrogen-bond acceptors (Lipinski definition) is 5. The summed E-state index contributed by atoms with van der Waals surface area (Å²) in [5.74, 6) is 2.01. The third-order valence-electron chi connectivity index (χ3n) is 4.49. The molecule has 3 N–H and O–H groups in total. The maximum Gasteiger partial charge on any atom is 0.255 e. The number of primary amides is 1. The molecule has 28 heavy (non-hydrogen) atoms. The van der Waals surface area contributed by atoms with Gasteiger partial charge in [-0.2, -0.15) is 0 Å². The summed E-state index contributed by atoms with van der Waals surface area (Å²) in [6.07, 6.45) is 1.82. The molecule has 148 valence electrons. The van der Waals surface area contributed by atoms with Gasteiger partial charge < -0.3 is 25.6 Å². The highest BCUT2D eigenvalue weighted by molar-refractivity contribution is 5.80. The van der Waals surface area contributed by atoms with Crippen LogP contribution >= 0.6 is 0 Å². The minimum Gasteiger partial charge on any atom is -0.484 e. The van der Waals surface area contributed by atoms with Crippen LogP contribution in [0.2, 0.25) is 0 Å². The van der Waals surface area contributed by atoms with E-state index in [9.17, 15) is 4.79 Å². The summed E-state index contributed by atoms with van der Waals surface area (Å²) >= 11 is 0. The van der Waals surface area contributed by atoms with Gasteiger partial charge in [0.15, 0.2) is 12.6 Å². The Labute approximate surface area is 165 Å². The number of amides is 1. The Hall–Kier alpha value is -3.29. The van der Waals surface area contributed by atoms with Crippen molar-refractivity contribution in [3.63, 3.8) is 0 Å². The van der Waals surface area contributed by atoms with Crippen molar-refractivity contribution in [3.05, 3.63) is 54.2 Å². The first kappa shape index (κ1) is 19.5. The highest BCUT2D eigenvalue weighted by Crippen LogP contribution is 2.14. The zero-order chi connectivity index (χ0) is 19.8. The second-order valence-electron chi connectivity index (χ2n) is 6.47. The molecule has 1 aliphatic heterocycles. The van der Waals surface area contributed by atoms with Gasteiger partial charge in [-0.1, -0.05) is 18.2 Å². The lowest BCUT2D eigenvalue weighted by Gasteiger charge is -2.37. The fourth-order valence-corrected chi connectivity index (χ4v) is 3.10. The topological polar surface area (TPSA) is 96.1 Å². The number of anilines is 1. The van der Waals surface area contributed by atoms with Crippen molar-refractivity contribution >= 4 is 17.7 Å². The van der Waals surface area contributed by atoms with Gasteiger partial charge in [0.2, 0.25) is 0 Å². The zero-order valence-electron chi connectivity index (χ0n) is 16.0. The van der Waals surface area contributed by atoms with Crippen LogP contribution in [0.4, 0.5) is 5.82 Å². The average Bonchev–Trinajstić information content (AvgIpc) is 2.74. The maximum atomic E-state index is 10.9. The molecule has 1 fully saturated rings. The molecule has 0 unspecified atom stereocenters. The average molecular weight is 382 g/mol. The Kier molecular flexibility index (Phi) is 6.67. The van der Waals surface area contributed by atoms with Gasteiger partial charge in [-0.05, 0) is 29.8 Å². The van der Waals surface area contributed by atoms with E-state index in [1.165, 1.54) is 0 Å². The summed E-state index contributed by atoms with van der Waals surface area (Å²) < 4.78 is 5.36. The van der Waals surface area contributed by atoms with Crippen LogP contribution in [0.1, 0.15) is 5.56 Å². The minimum absolute atomic E-state index is 0.126. The van der Waals surface area contributed by atoms with E-state index in [1.807, 2.05) is 42.6 Å². The Bertz CT molecular complexity index is 803. The van der Waals surface area contributed by atoms with Gasteiger partial charge in [0.25, 0.3) is 5.91 Å². The normalized spacial score (nSPS) is 14.7. The van der Waals surface area contributed by atoms with Gasteiger partial charge in [0.1, 0.15) is 11.6 Å². The molecule has 0 spiro atoms. The Morgan fingerprint density at radius 1 is 1.21 bits per heavy atom. The zero-order valence-corrected chi connectivity index (χ0v) is 16.0. The summed E-state index contributed by atoms with van der Waals surface area (Å²) in [5.41, 5.74) is 6.16. The van der Waals surface area contributed by atoms with Crippen LogP contribution < -0.4 is 20.7 Å². The van der Waals surface area contributed by atoms with Crippen molar-refractivity contribution in [2.75, 3.05) is 44.7 Å². The van der Waals surface area contributed by atoms with Crippen LogP contribution in [0.3, 0.4) is 0 Å². The van der Waals surface area contributed by atoms with Gasteiger partial charge in [0.05, 0.1) is 0 Å². The number of nitrogens with one attached hydrogen (secondary N) is 1. The summed E-state index contributed by atoms with van der Waals surface area (Å²) in [5, 5.41) is 3.40. The second-order valence-corrected chi connectivity index (χ2v) is 6.47. The molecule has 1 aromatic carbocycles. The molecule has 1 aliphatic rings. The molecule has 0 saturated carbocycles. The molecule has 0 bridgehead atoms. The predicted molar refractivity (Wildman–Crippen MR) is 109 cm³/mol. The molecule has 0 atom stereocenters. The number of carbonyl (C=O) groups is 1. The van der Waals surface area contributed by atoms with Crippen molar-refractivity contribution in [1.82, 2.24) is 15.2 Å². The molecule has 2 aromatic rings. The first-order valence-corrected chi connectivity index (χ1v) is 9.27. The van der Waals surface area contributed by atoms with E-state index in [-0.39, 0.29) is 6.61 Å². The molecule has 8 heteroatoms. The Morgan fingerprint density at radius 3 is 2.71 bits per heavy atom. The van der Waals surface area contributed by atoms with Gasteiger partial charge in [-0.15, -0.1) is 0 Å². The molecule has 3 rings (SSSR count). The van der Waals surface area contributed by atoms with Crippen LogP contribution in [0.25, 0.3) is 0 Å². The van der Waals surface area contributed by atoms with Crippen LogP contribution in [0.5, 0.6) is 5.75 Å². The Balaban J connectivity index is 1.51. The molecular weight excluding hydrogens is 356 g/mol. The number of nitrogens with zero attached hydrogens (tertiary/aromatic N) is 4. The number of benzene rings is 1. The standard InChI is InChI=1S/C20H26N6O2/c1-22-20(24-14-16-5-4-6-17(13-16)28-15-18(21)27)26-11-9-25(10-12-26)19-7-2-3-8-23-19/h2-8,13H,9-12,14-15H2,1H3,(H2,21,27)(H,22,24). The summed E-state index contributed by atoms with van der Waals surface area (Å²) in [6.45, 7) is 4.03. The lowest BCUT2D eigenvalue weighted by Crippen LogP contribution is -2.52. The van der Waals surface area contributed by atoms with Crippen molar-refractivity contribution in [3.8, 4) is 5.75 Å². The van der Waals surface area contributed by atoms with Crippen LogP contribution in [-0.2, 0) is 11.3 Å². The first-order valence-electron chi connectivity index (χ1n) is 9.27. The van der Waals surface area contributed by atoms with E-state index in [1.54, 1.807) is 13.1 Å². The maximum absolute atomic E-state index is 10.9. The monoisotopic (exact) mass is 382 g/mol. The summed E-state index contributed by atoms with van der Waals surface area (Å²) in [4.78, 5) is 24.2. The summed E-state index contributed by atoms with van der Waals surface area (Å²) in [7, 11) is 1.79. The molecule has 2 heterocycles. The van der Waals surface area contributed by atoms with Crippen molar-refractivity contribution in [2.24, 2.45) is 10.7 Å². The van der Waals surface area contributed by atoms with Gasteiger partial charge in [-0.25, -0.2) is 4.98 Å². The number of ether oxygens (including phenoxy) is 1. The van der Waals surface area contributed by atoms with Gasteiger partial charge in [-0.3, -0.25) is 9.79 Å². The van der Waals surface area contributed by atoms with Gasteiger partial charge >= 0.3 is 0 Å². The molecule has 1 amide bonds. The van der Waals surface area contributed by atoms with E-state index in [0.717, 1.165) is 43.5 Å². The molecule has 1 saturated heterocycles. The van der Waals surface area contributed by atoms with Crippen molar-refractivity contribution in [2.45, 2.75) is 6.54 Å². The number of nitrogens with two attached hydrogens (primary N) is 1. The second kappa shape index (κ2) is 9.59. The smallest absolute Gasteiger partial charge is 0.255 e. The summed E-state index contributed by atoms with van der Waals surface area (Å²) in [6, 6.07) is 13.6. The number of aromatic nitrogens is 1. The van der Waals surface area contributed by atoms with Crippen LogP contribution in [-0.4, -0.2) is 61.6 Å². The van der Waals surface area contributed by atoms with E-state index in [2.05, 4.69) is 25.1 Å². The van der Waals surface area contributed by atoms with Crippen LogP contribution in [0, 0.1) is 0 Å². The number of rotatable bonds is 6. The lowest BCUT2D eigenvalue weighted by atomic mass is 10.2. The van der Waals surface area contributed by atoms with E-state index >= 15 is 0 Å². The number of pyridine rings is 1. The quantitative estimate of drug-likeness (QED) is 0.568. The number of guanidine groups is 1. The Morgan fingerprint density at radius 2 is 2.04 bits per heavy atom. The SMILES string of the molecule is CN=C(NCc1cccc(OCC(N)=O)c1)N1CCN(c2ccccn2)CC1.